The van der Waals surface area contributed by atoms with E-state index < -0.39 is 11.7 Å². The molecule has 1 aromatic heterocycles. The van der Waals surface area contributed by atoms with E-state index in [1.807, 2.05) is 12.1 Å². The Morgan fingerprint density at radius 3 is 2.76 bits per heavy atom. The van der Waals surface area contributed by atoms with Crippen LogP contribution in [-0.2, 0) is 16.1 Å². The minimum Gasteiger partial charge on any atom is -0.462 e. The van der Waals surface area contributed by atoms with Crippen molar-refractivity contribution in [2.24, 2.45) is 5.73 Å². The van der Waals surface area contributed by atoms with E-state index in [0.717, 1.165) is 67.0 Å². The van der Waals surface area contributed by atoms with Crippen LogP contribution in [0.15, 0.2) is 54.4 Å². The SMILES string of the molecule is NCc1ccc(C(=O)Nc2ccncc2F)cc1C1=CC(CC(=O)OC2CCCCC2)=CCC1. The van der Waals surface area contributed by atoms with Gasteiger partial charge in [-0.25, -0.2) is 4.39 Å². The Hall–Kier alpha value is -3.32. The van der Waals surface area contributed by atoms with Gasteiger partial charge in [0.15, 0.2) is 5.82 Å². The second-order valence-corrected chi connectivity index (χ2v) is 8.80. The maximum Gasteiger partial charge on any atom is 0.310 e. The highest BCUT2D eigenvalue weighted by Gasteiger charge is 2.20. The van der Waals surface area contributed by atoms with Crippen molar-refractivity contribution in [2.45, 2.75) is 64.0 Å². The van der Waals surface area contributed by atoms with Gasteiger partial charge in [-0.1, -0.05) is 24.6 Å². The number of nitrogens with two attached hydrogens (primary N) is 1. The fourth-order valence-electron chi connectivity index (χ4n) is 4.55. The predicted molar refractivity (Wildman–Crippen MR) is 129 cm³/mol. The molecule has 1 saturated carbocycles. The largest absolute Gasteiger partial charge is 0.462 e. The summed E-state index contributed by atoms with van der Waals surface area (Å²) in [7, 11) is 0. The van der Waals surface area contributed by atoms with Crippen molar-refractivity contribution in [3.63, 3.8) is 0 Å². The first-order valence-electron chi connectivity index (χ1n) is 11.9. The summed E-state index contributed by atoms with van der Waals surface area (Å²) in [6, 6.07) is 6.70. The zero-order chi connectivity index (χ0) is 23.9. The minimum atomic E-state index is -0.598. The van der Waals surface area contributed by atoms with Crippen molar-refractivity contribution in [2.75, 3.05) is 5.32 Å². The van der Waals surface area contributed by atoms with Crippen LogP contribution in [0.25, 0.3) is 5.57 Å². The molecule has 1 fully saturated rings. The molecule has 1 aromatic carbocycles. The number of pyridine rings is 1. The summed E-state index contributed by atoms with van der Waals surface area (Å²) in [4.78, 5) is 29.0. The number of allylic oxidation sites excluding steroid dienone is 3. The van der Waals surface area contributed by atoms with E-state index in [0.29, 0.717) is 12.1 Å². The summed E-state index contributed by atoms with van der Waals surface area (Å²) in [5.41, 5.74) is 10.2. The smallest absolute Gasteiger partial charge is 0.310 e. The summed E-state index contributed by atoms with van der Waals surface area (Å²) >= 11 is 0. The number of nitrogens with one attached hydrogen (secondary N) is 1. The number of hydrogen-bond donors (Lipinski definition) is 2. The van der Waals surface area contributed by atoms with Gasteiger partial charge in [-0.2, -0.15) is 0 Å². The van der Waals surface area contributed by atoms with Crippen LogP contribution in [0.4, 0.5) is 10.1 Å². The quantitative estimate of drug-likeness (QED) is 0.543. The van der Waals surface area contributed by atoms with Crippen LogP contribution in [0.1, 0.15) is 72.9 Å². The number of benzene rings is 1. The molecule has 2 aromatic rings. The van der Waals surface area contributed by atoms with Crippen molar-refractivity contribution in [3.05, 3.63) is 76.9 Å². The van der Waals surface area contributed by atoms with Gasteiger partial charge in [0.1, 0.15) is 6.10 Å². The number of amides is 1. The summed E-state index contributed by atoms with van der Waals surface area (Å²) in [6.45, 7) is 0.316. The van der Waals surface area contributed by atoms with E-state index in [-0.39, 0.29) is 24.2 Å². The van der Waals surface area contributed by atoms with E-state index >= 15 is 0 Å². The van der Waals surface area contributed by atoms with Crippen LogP contribution < -0.4 is 11.1 Å². The molecule has 0 radical (unpaired) electrons. The molecule has 178 valence electrons. The third-order valence-electron chi connectivity index (χ3n) is 6.34. The minimum absolute atomic E-state index is 0.0400. The topological polar surface area (TPSA) is 94.3 Å². The summed E-state index contributed by atoms with van der Waals surface area (Å²) in [6.07, 6.45) is 13.7. The second-order valence-electron chi connectivity index (χ2n) is 8.80. The van der Waals surface area contributed by atoms with Crippen LogP contribution in [0.2, 0.25) is 0 Å². The molecule has 6 nitrogen and oxygen atoms in total. The predicted octanol–water partition coefficient (Wildman–Crippen LogP) is 5.30. The zero-order valence-electron chi connectivity index (χ0n) is 19.2. The van der Waals surface area contributed by atoms with Crippen molar-refractivity contribution in [3.8, 4) is 0 Å². The van der Waals surface area contributed by atoms with E-state index in [1.54, 1.807) is 12.1 Å². The number of ether oxygens (including phenoxy) is 1. The number of aromatic nitrogens is 1. The number of esters is 1. The summed E-state index contributed by atoms with van der Waals surface area (Å²) < 4.78 is 19.6. The molecule has 0 unspecified atom stereocenters. The molecule has 34 heavy (non-hydrogen) atoms. The second kappa shape index (κ2) is 11.2. The normalized spacial score (nSPS) is 16.4. The maximum atomic E-state index is 13.9. The van der Waals surface area contributed by atoms with E-state index in [4.69, 9.17) is 10.5 Å². The van der Waals surface area contributed by atoms with E-state index in [9.17, 15) is 14.0 Å². The molecule has 3 N–H and O–H groups in total. The molecule has 0 aliphatic heterocycles. The maximum absolute atomic E-state index is 13.9. The van der Waals surface area contributed by atoms with E-state index in [2.05, 4.69) is 16.4 Å². The molecule has 7 heteroatoms. The van der Waals surface area contributed by atoms with Crippen LogP contribution in [0.3, 0.4) is 0 Å². The lowest BCUT2D eigenvalue weighted by Crippen LogP contribution is -2.21. The Labute approximate surface area is 199 Å². The van der Waals surface area contributed by atoms with Gasteiger partial charge < -0.3 is 15.8 Å². The van der Waals surface area contributed by atoms with Crippen LogP contribution in [-0.4, -0.2) is 23.0 Å². The van der Waals surface area contributed by atoms with Crippen molar-refractivity contribution < 1.29 is 18.7 Å². The first-order chi connectivity index (χ1) is 16.5. The zero-order valence-corrected chi connectivity index (χ0v) is 19.2. The number of hydrogen-bond acceptors (Lipinski definition) is 5. The number of carbonyl (C=O) groups excluding carboxylic acids is 2. The summed E-state index contributed by atoms with van der Waals surface area (Å²) in [5.74, 6) is -1.21. The summed E-state index contributed by atoms with van der Waals surface area (Å²) in [5, 5.41) is 2.59. The lowest BCUT2D eigenvalue weighted by Gasteiger charge is -2.22. The lowest BCUT2D eigenvalue weighted by atomic mass is 9.88. The van der Waals surface area contributed by atoms with Crippen molar-refractivity contribution in [1.82, 2.24) is 4.98 Å². The first-order valence-corrected chi connectivity index (χ1v) is 11.9. The van der Waals surface area contributed by atoms with Gasteiger partial charge in [-0.3, -0.25) is 14.6 Å². The Morgan fingerprint density at radius 2 is 2.00 bits per heavy atom. The van der Waals surface area contributed by atoms with Gasteiger partial charge >= 0.3 is 5.97 Å². The molecule has 1 amide bonds. The van der Waals surface area contributed by atoms with Gasteiger partial charge in [-0.05, 0) is 79.0 Å². The molecule has 0 saturated heterocycles. The number of nitrogens with zero attached hydrogens (tertiary/aromatic N) is 1. The first kappa shape index (κ1) is 23.8. The average molecular weight is 464 g/mol. The molecule has 2 aliphatic rings. The fourth-order valence-corrected chi connectivity index (χ4v) is 4.55. The molecular weight excluding hydrogens is 433 g/mol. The average Bonchev–Trinajstić information content (AvgIpc) is 2.85. The lowest BCUT2D eigenvalue weighted by molar-refractivity contribution is -0.149. The molecule has 0 atom stereocenters. The van der Waals surface area contributed by atoms with Crippen molar-refractivity contribution >= 4 is 23.1 Å². The van der Waals surface area contributed by atoms with Gasteiger partial charge in [0.2, 0.25) is 0 Å². The highest BCUT2D eigenvalue weighted by atomic mass is 19.1. The van der Waals surface area contributed by atoms with Crippen LogP contribution in [0.5, 0.6) is 0 Å². The highest BCUT2D eigenvalue weighted by molar-refractivity contribution is 6.05. The number of carbonyl (C=O) groups is 2. The van der Waals surface area contributed by atoms with Crippen LogP contribution in [0, 0.1) is 5.82 Å². The van der Waals surface area contributed by atoms with Gasteiger partial charge in [-0.15, -0.1) is 0 Å². The third kappa shape index (κ3) is 5.97. The Kier molecular flexibility index (Phi) is 7.85. The van der Waals surface area contributed by atoms with Crippen LogP contribution >= 0.6 is 0 Å². The Morgan fingerprint density at radius 1 is 1.18 bits per heavy atom. The monoisotopic (exact) mass is 463 g/mol. The Balaban J connectivity index is 1.50. The van der Waals surface area contributed by atoms with Gasteiger partial charge in [0.25, 0.3) is 5.91 Å². The number of rotatable bonds is 7. The molecular formula is C27H30FN3O3. The molecule has 0 spiro atoms. The number of halogens is 1. The van der Waals surface area contributed by atoms with E-state index in [1.165, 1.54) is 18.7 Å². The molecule has 0 bridgehead atoms. The molecule has 4 rings (SSSR count). The molecule has 2 aliphatic carbocycles. The molecule has 1 heterocycles. The highest BCUT2D eigenvalue weighted by Crippen LogP contribution is 2.31. The standard InChI is InChI=1S/C27H30FN3O3/c28-24-17-30-12-11-25(24)31-27(33)20-9-10-21(16-29)23(15-20)19-6-4-5-18(13-19)14-26(32)34-22-7-2-1-3-8-22/h5,9-13,15,17,22H,1-4,6-8,14,16,29H2,(H,30,31,33). The number of anilines is 1. The van der Waals surface area contributed by atoms with Gasteiger partial charge in [0.05, 0.1) is 18.3 Å². The third-order valence-corrected chi connectivity index (χ3v) is 6.34. The van der Waals surface area contributed by atoms with Crippen molar-refractivity contribution in [1.29, 1.82) is 0 Å². The fraction of sp³-hybridized carbons (Fsp3) is 0.370. The Bertz CT molecular complexity index is 1120. The van der Waals surface area contributed by atoms with Gasteiger partial charge in [0, 0.05) is 18.3 Å².